The maximum absolute atomic E-state index is 13.1. The number of ether oxygens (including phenoxy) is 1. The summed E-state index contributed by atoms with van der Waals surface area (Å²) in [5.41, 5.74) is 3.87. The molecule has 1 aromatic heterocycles. The van der Waals surface area contributed by atoms with Crippen molar-refractivity contribution in [2.75, 3.05) is 11.9 Å². The molecule has 1 heterocycles. The lowest BCUT2D eigenvalue weighted by Crippen LogP contribution is -2.15. The summed E-state index contributed by atoms with van der Waals surface area (Å²) in [6.45, 7) is 5.23. The average molecular weight is 422 g/mol. The molecule has 2 aromatic carbocycles. The lowest BCUT2D eigenvalue weighted by Gasteiger charge is -2.10. The van der Waals surface area contributed by atoms with Crippen LogP contribution in [0, 0.1) is 19.7 Å². The van der Waals surface area contributed by atoms with Gasteiger partial charge in [-0.25, -0.2) is 9.18 Å². The van der Waals surface area contributed by atoms with E-state index in [-0.39, 0.29) is 29.7 Å². The van der Waals surface area contributed by atoms with Crippen LogP contribution in [0.2, 0.25) is 0 Å². The van der Waals surface area contributed by atoms with Crippen molar-refractivity contribution in [1.82, 2.24) is 4.57 Å². The Morgan fingerprint density at radius 1 is 1.00 bits per heavy atom. The number of nitrogens with one attached hydrogen (secondary N) is 1. The Hall–Kier alpha value is -3.74. The van der Waals surface area contributed by atoms with E-state index in [4.69, 9.17) is 4.74 Å². The fraction of sp³-hybridized carbons (Fsp3) is 0.208. The highest BCUT2D eigenvalue weighted by Gasteiger charge is 2.18. The number of carbonyl (C=O) groups is 3. The minimum atomic E-state index is -0.622. The molecule has 7 heteroatoms. The molecular formula is C24H23FN2O4. The zero-order valence-corrected chi connectivity index (χ0v) is 17.6. The SMILES string of the molecule is CC(=O)Nc1ccc(C(=O)OCC(=O)c2cc(C)n(Cc3ccc(F)cc3)c2C)cc1. The largest absolute Gasteiger partial charge is 0.454 e. The highest BCUT2D eigenvalue weighted by Crippen LogP contribution is 2.19. The van der Waals surface area contributed by atoms with E-state index in [0.29, 0.717) is 17.8 Å². The van der Waals surface area contributed by atoms with Crippen LogP contribution in [0.5, 0.6) is 0 Å². The van der Waals surface area contributed by atoms with Gasteiger partial charge in [0, 0.05) is 36.1 Å². The van der Waals surface area contributed by atoms with E-state index < -0.39 is 5.97 Å². The third-order valence-corrected chi connectivity index (χ3v) is 4.90. The molecule has 0 radical (unpaired) electrons. The number of anilines is 1. The second-order valence-corrected chi connectivity index (χ2v) is 7.26. The van der Waals surface area contributed by atoms with Gasteiger partial charge in [-0.15, -0.1) is 0 Å². The lowest BCUT2D eigenvalue weighted by molar-refractivity contribution is -0.114. The number of esters is 1. The second kappa shape index (κ2) is 9.38. The highest BCUT2D eigenvalue weighted by molar-refractivity contribution is 6.00. The maximum atomic E-state index is 13.1. The van der Waals surface area contributed by atoms with Crippen molar-refractivity contribution in [1.29, 1.82) is 0 Å². The van der Waals surface area contributed by atoms with E-state index in [9.17, 15) is 18.8 Å². The third kappa shape index (κ3) is 5.45. The minimum absolute atomic E-state index is 0.210. The molecule has 0 aliphatic heterocycles. The number of Topliss-reactive ketones (excluding diaryl/α,β-unsaturated/α-hetero) is 1. The van der Waals surface area contributed by atoms with Crippen molar-refractivity contribution in [2.45, 2.75) is 27.3 Å². The number of carbonyl (C=O) groups excluding carboxylic acids is 3. The number of ketones is 1. The summed E-state index contributed by atoms with van der Waals surface area (Å²) in [4.78, 5) is 35.9. The molecule has 3 aromatic rings. The van der Waals surface area contributed by atoms with E-state index in [0.717, 1.165) is 17.0 Å². The standard InChI is InChI=1S/C24H23FN2O4/c1-15-12-22(16(2)27(15)13-18-4-8-20(25)9-5-18)23(29)14-31-24(30)19-6-10-21(11-7-19)26-17(3)28/h4-12H,13-14H2,1-3H3,(H,26,28). The van der Waals surface area contributed by atoms with Gasteiger partial charge in [0.1, 0.15) is 5.82 Å². The Labute approximate surface area is 179 Å². The number of benzene rings is 2. The van der Waals surface area contributed by atoms with E-state index in [1.807, 2.05) is 18.4 Å². The molecule has 0 fully saturated rings. The minimum Gasteiger partial charge on any atom is -0.454 e. The van der Waals surface area contributed by atoms with Gasteiger partial charge in [-0.05, 0) is 61.9 Å². The summed E-state index contributed by atoms with van der Waals surface area (Å²) in [5, 5.41) is 2.61. The van der Waals surface area contributed by atoms with Crippen LogP contribution in [-0.2, 0) is 16.1 Å². The Kier molecular flexibility index (Phi) is 6.65. The first kappa shape index (κ1) is 22.0. The molecule has 3 rings (SSSR count). The topological polar surface area (TPSA) is 77.4 Å². The zero-order chi connectivity index (χ0) is 22.5. The zero-order valence-electron chi connectivity index (χ0n) is 17.6. The molecule has 0 spiro atoms. The van der Waals surface area contributed by atoms with Crippen LogP contribution in [0.15, 0.2) is 54.6 Å². The fourth-order valence-electron chi connectivity index (χ4n) is 3.28. The van der Waals surface area contributed by atoms with Gasteiger partial charge in [0.25, 0.3) is 0 Å². The summed E-state index contributed by atoms with van der Waals surface area (Å²) in [7, 11) is 0. The van der Waals surface area contributed by atoms with Crippen LogP contribution in [0.25, 0.3) is 0 Å². The van der Waals surface area contributed by atoms with Crippen molar-refractivity contribution < 1.29 is 23.5 Å². The number of rotatable bonds is 7. The van der Waals surface area contributed by atoms with Crippen LogP contribution >= 0.6 is 0 Å². The van der Waals surface area contributed by atoms with Crippen molar-refractivity contribution in [3.63, 3.8) is 0 Å². The monoisotopic (exact) mass is 422 g/mol. The predicted molar refractivity (Wildman–Crippen MR) is 115 cm³/mol. The molecule has 1 amide bonds. The Bertz CT molecular complexity index is 1120. The van der Waals surface area contributed by atoms with Crippen LogP contribution in [0.1, 0.15) is 44.6 Å². The van der Waals surface area contributed by atoms with Crippen molar-refractivity contribution in [3.8, 4) is 0 Å². The molecule has 0 atom stereocenters. The fourth-order valence-corrected chi connectivity index (χ4v) is 3.28. The molecule has 0 aliphatic rings. The first-order valence-corrected chi connectivity index (χ1v) is 9.73. The van der Waals surface area contributed by atoms with Crippen molar-refractivity contribution in [2.24, 2.45) is 0 Å². The molecule has 0 unspecified atom stereocenters. The molecule has 0 saturated carbocycles. The quantitative estimate of drug-likeness (QED) is 0.455. The number of aromatic nitrogens is 1. The molecule has 0 bridgehead atoms. The molecule has 0 aliphatic carbocycles. The number of hydrogen-bond donors (Lipinski definition) is 1. The summed E-state index contributed by atoms with van der Waals surface area (Å²) >= 11 is 0. The summed E-state index contributed by atoms with van der Waals surface area (Å²) in [6.07, 6.45) is 0. The molecular weight excluding hydrogens is 399 g/mol. The van der Waals surface area contributed by atoms with Crippen molar-refractivity contribution in [3.05, 3.63) is 88.5 Å². The predicted octanol–water partition coefficient (Wildman–Crippen LogP) is 4.29. The number of aryl methyl sites for hydroxylation is 1. The summed E-state index contributed by atoms with van der Waals surface area (Å²) in [6, 6.07) is 14.2. The number of amides is 1. The van der Waals surface area contributed by atoms with Gasteiger partial charge in [0.15, 0.2) is 6.61 Å². The second-order valence-electron chi connectivity index (χ2n) is 7.26. The Morgan fingerprint density at radius 2 is 1.65 bits per heavy atom. The lowest BCUT2D eigenvalue weighted by atomic mass is 10.1. The van der Waals surface area contributed by atoms with Gasteiger partial charge < -0.3 is 14.6 Å². The Balaban J connectivity index is 1.64. The summed E-state index contributed by atoms with van der Waals surface area (Å²) in [5.74, 6) is -1.44. The molecule has 31 heavy (non-hydrogen) atoms. The van der Waals surface area contributed by atoms with Gasteiger partial charge in [0.2, 0.25) is 11.7 Å². The van der Waals surface area contributed by atoms with Gasteiger partial charge in [-0.1, -0.05) is 12.1 Å². The van der Waals surface area contributed by atoms with Crippen LogP contribution in [0.3, 0.4) is 0 Å². The van der Waals surface area contributed by atoms with Gasteiger partial charge in [-0.3, -0.25) is 9.59 Å². The molecule has 160 valence electrons. The normalized spacial score (nSPS) is 10.6. The van der Waals surface area contributed by atoms with E-state index in [1.165, 1.54) is 31.2 Å². The number of hydrogen-bond acceptors (Lipinski definition) is 4. The first-order valence-electron chi connectivity index (χ1n) is 9.73. The average Bonchev–Trinajstić information content (AvgIpc) is 3.01. The maximum Gasteiger partial charge on any atom is 0.338 e. The van der Waals surface area contributed by atoms with Crippen molar-refractivity contribution >= 4 is 23.3 Å². The number of halogens is 1. The van der Waals surface area contributed by atoms with E-state index >= 15 is 0 Å². The van der Waals surface area contributed by atoms with Crippen LogP contribution < -0.4 is 5.32 Å². The molecule has 0 saturated heterocycles. The molecule has 6 nitrogen and oxygen atoms in total. The van der Waals surface area contributed by atoms with E-state index in [1.54, 1.807) is 30.3 Å². The number of nitrogens with zero attached hydrogens (tertiary/aromatic N) is 1. The van der Waals surface area contributed by atoms with Crippen LogP contribution in [-0.4, -0.2) is 28.8 Å². The smallest absolute Gasteiger partial charge is 0.338 e. The van der Waals surface area contributed by atoms with Gasteiger partial charge >= 0.3 is 5.97 Å². The summed E-state index contributed by atoms with van der Waals surface area (Å²) < 4.78 is 20.3. The first-order chi connectivity index (χ1) is 14.7. The van der Waals surface area contributed by atoms with Gasteiger partial charge in [-0.2, -0.15) is 0 Å². The van der Waals surface area contributed by atoms with Gasteiger partial charge in [0.05, 0.1) is 5.56 Å². The highest BCUT2D eigenvalue weighted by atomic mass is 19.1. The van der Waals surface area contributed by atoms with Crippen LogP contribution in [0.4, 0.5) is 10.1 Å². The van der Waals surface area contributed by atoms with E-state index in [2.05, 4.69) is 5.32 Å². The molecule has 1 N–H and O–H groups in total. The Morgan fingerprint density at radius 3 is 2.26 bits per heavy atom. The third-order valence-electron chi connectivity index (χ3n) is 4.90.